The number of benzene rings is 1. The molecule has 4 nitrogen and oxygen atoms in total. The van der Waals surface area contributed by atoms with Gasteiger partial charge in [-0.1, -0.05) is 12.1 Å². The highest BCUT2D eigenvalue weighted by atomic mass is 19.4. The van der Waals surface area contributed by atoms with Crippen LogP contribution >= 0.6 is 0 Å². The highest BCUT2D eigenvalue weighted by Gasteiger charge is 2.32. The first kappa shape index (κ1) is 14.9. The summed E-state index contributed by atoms with van der Waals surface area (Å²) in [5.41, 5.74) is -0.358. The summed E-state index contributed by atoms with van der Waals surface area (Å²) in [4.78, 5) is 11.1. The molecule has 1 aliphatic rings. The lowest BCUT2D eigenvalue weighted by molar-refractivity contribution is -0.137. The average molecular weight is 312 g/mol. The van der Waals surface area contributed by atoms with Crippen LogP contribution in [-0.2, 0) is 6.18 Å². The van der Waals surface area contributed by atoms with Gasteiger partial charge < -0.3 is 9.84 Å². The molecule has 3 rings (SSSR count). The molecule has 1 saturated heterocycles. The molecule has 0 radical (unpaired) electrons. The molecule has 0 bridgehead atoms. The SMILES string of the molecule is O=c1cc([C@H]2CCN[C@H](c3cccc(C(F)(F)F)c3)C2)o[nH]1. The molecular weight excluding hydrogens is 297 g/mol. The maximum atomic E-state index is 12.8. The summed E-state index contributed by atoms with van der Waals surface area (Å²) in [5.74, 6) is 0.572. The van der Waals surface area contributed by atoms with Gasteiger partial charge in [0.2, 0.25) is 0 Å². The van der Waals surface area contributed by atoms with E-state index < -0.39 is 11.7 Å². The van der Waals surface area contributed by atoms with Crippen LogP contribution in [0.25, 0.3) is 0 Å². The molecule has 0 amide bonds. The smallest absolute Gasteiger partial charge is 0.383 e. The molecule has 2 atom stereocenters. The highest BCUT2D eigenvalue weighted by molar-refractivity contribution is 5.29. The number of aromatic amines is 1. The Morgan fingerprint density at radius 3 is 2.73 bits per heavy atom. The largest absolute Gasteiger partial charge is 0.416 e. The van der Waals surface area contributed by atoms with Gasteiger partial charge in [0, 0.05) is 18.0 Å². The molecule has 2 N–H and O–H groups in total. The summed E-state index contributed by atoms with van der Waals surface area (Å²) >= 11 is 0. The lowest BCUT2D eigenvalue weighted by Crippen LogP contribution is -2.31. The number of piperidine rings is 1. The van der Waals surface area contributed by atoms with Gasteiger partial charge in [-0.3, -0.25) is 4.79 Å². The van der Waals surface area contributed by atoms with Gasteiger partial charge in [0.15, 0.2) is 0 Å². The van der Waals surface area contributed by atoms with E-state index in [9.17, 15) is 18.0 Å². The molecular formula is C15H15F3N2O2. The molecule has 0 aliphatic carbocycles. The van der Waals surface area contributed by atoms with E-state index in [-0.39, 0.29) is 17.5 Å². The number of halogens is 3. The fourth-order valence-electron chi connectivity index (χ4n) is 2.86. The summed E-state index contributed by atoms with van der Waals surface area (Å²) in [6, 6.07) is 6.55. The van der Waals surface area contributed by atoms with Crippen molar-refractivity contribution in [3.05, 3.63) is 57.6 Å². The maximum Gasteiger partial charge on any atom is 0.416 e. The van der Waals surface area contributed by atoms with Crippen molar-refractivity contribution in [1.29, 1.82) is 0 Å². The van der Waals surface area contributed by atoms with E-state index in [4.69, 9.17) is 4.52 Å². The van der Waals surface area contributed by atoms with Gasteiger partial charge in [-0.2, -0.15) is 18.3 Å². The molecule has 1 aliphatic heterocycles. The van der Waals surface area contributed by atoms with Crippen molar-refractivity contribution in [2.24, 2.45) is 0 Å². The van der Waals surface area contributed by atoms with Crippen LogP contribution in [0.3, 0.4) is 0 Å². The second-order valence-corrected chi connectivity index (χ2v) is 5.47. The van der Waals surface area contributed by atoms with Crippen LogP contribution in [0, 0.1) is 0 Å². The highest BCUT2D eigenvalue weighted by Crippen LogP contribution is 2.36. The van der Waals surface area contributed by atoms with Crippen LogP contribution in [0.1, 0.15) is 41.7 Å². The summed E-state index contributed by atoms with van der Waals surface area (Å²) < 4.78 is 43.5. The van der Waals surface area contributed by atoms with Gasteiger partial charge in [-0.15, -0.1) is 0 Å². The first-order valence-corrected chi connectivity index (χ1v) is 7.02. The van der Waals surface area contributed by atoms with Gasteiger partial charge in [0.25, 0.3) is 5.56 Å². The van der Waals surface area contributed by atoms with Crippen LogP contribution in [0.15, 0.2) is 39.6 Å². The molecule has 2 aromatic rings. The van der Waals surface area contributed by atoms with E-state index in [2.05, 4.69) is 10.5 Å². The Labute approximate surface area is 124 Å². The number of H-pyrrole nitrogens is 1. The number of hydrogen-bond donors (Lipinski definition) is 2. The second-order valence-electron chi connectivity index (χ2n) is 5.47. The van der Waals surface area contributed by atoms with Crippen LogP contribution in [-0.4, -0.2) is 11.7 Å². The predicted molar refractivity (Wildman–Crippen MR) is 73.5 cm³/mol. The minimum Gasteiger partial charge on any atom is -0.383 e. The molecule has 0 unspecified atom stereocenters. The molecule has 0 saturated carbocycles. The van der Waals surface area contributed by atoms with Gasteiger partial charge in [0.05, 0.1) is 5.56 Å². The zero-order valence-corrected chi connectivity index (χ0v) is 11.6. The van der Waals surface area contributed by atoms with Crippen LogP contribution < -0.4 is 10.9 Å². The minimum absolute atomic E-state index is 0.0137. The number of hydrogen-bond acceptors (Lipinski definition) is 3. The molecule has 1 aromatic carbocycles. The summed E-state index contributed by atoms with van der Waals surface area (Å²) in [7, 11) is 0. The molecule has 1 aromatic heterocycles. The van der Waals surface area contributed by atoms with Crippen LogP contribution in [0.4, 0.5) is 13.2 Å². The Kier molecular flexibility index (Phi) is 3.82. The zero-order chi connectivity index (χ0) is 15.7. The number of alkyl halides is 3. The quantitative estimate of drug-likeness (QED) is 0.895. The summed E-state index contributed by atoms with van der Waals surface area (Å²) in [5, 5.41) is 5.47. The van der Waals surface area contributed by atoms with Gasteiger partial charge in [-0.05, 0) is 37.1 Å². The van der Waals surface area contributed by atoms with Crippen molar-refractivity contribution in [2.45, 2.75) is 31.0 Å². The van der Waals surface area contributed by atoms with Crippen LogP contribution in [0.5, 0.6) is 0 Å². The summed E-state index contributed by atoms with van der Waals surface area (Å²) in [6.07, 6.45) is -2.99. The lowest BCUT2D eigenvalue weighted by Gasteiger charge is -2.29. The maximum absolute atomic E-state index is 12.8. The van der Waals surface area contributed by atoms with E-state index in [1.807, 2.05) is 0 Å². The van der Waals surface area contributed by atoms with Crippen molar-refractivity contribution in [3.63, 3.8) is 0 Å². The molecule has 118 valence electrons. The molecule has 1 fully saturated rings. The number of aromatic nitrogens is 1. The van der Waals surface area contributed by atoms with Crippen molar-refractivity contribution in [1.82, 2.24) is 10.5 Å². The third-order valence-corrected chi connectivity index (χ3v) is 3.97. The fraction of sp³-hybridized carbons (Fsp3) is 0.400. The standard InChI is InChI=1S/C15H15F3N2O2/c16-15(17,18)11-3-1-2-9(6-11)12-7-10(4-5-19-12)13-8-14(21)20-22-13/h1-3,6,8,10,12,19H,4-5,7H2,(H,20,21)/t10-,12-/m0/s1. The topological polar surface area (TPSA) is 58.0 Å². The van der Waals surface area contributed by atoms with Gasteiger partial charge in [-0.25, -0.2) is 0 Å². The molecule has 2 heterocycles. The van der Waals surface area contributed by atoms with Crippen molar-refractivity contribution in [3.8, 4) is 0 Å². The lowest BCUT2D eigenvalue weighted by atomic mass is 9.87. The normalized spacial score (nSPS) is 22.7. The predicted octanol–water partition coefficient (Wildman–Crippen LogP) is 3.20. The van der Waals surface area contributed by atoms with Crippen molar-refractivity contribution >= 4 is 0 Å². The fourth-order valence-corrected chi connectivity index (χ4v) is 2.86. The van der Waals surface area contributed by atoms with Crippen LogP contribution in [0.2, 0.25) is 0 Å². The second kappa shape index (κ2) is 5.64. The number of rotatable bonds is 2. The minimum atomic E-state index is -4.35. The summed E-state index contributed by atoms with van der Waals surface area (Å²) in [6.45, 7) is 0.653. The Hall–Kier alpha value is -2.02. The van der Waals surface area contributed by atoms with E-state index in [0.29, 0.717) is 24.3 Å². The Morgan fingerprint density at radius 2 is 2.05 bits per heavy atom. The first-order valence-electron chi connectivity index (χ1n) is 7.02. The van der Waals surface area contributed by atoms with Crippen molar-refractivity contribution in [2.75, 3.05) is 6.54 Å². The average Bonchev–Trinajstić information content (AvgIpc) is 2.93. The Balaban J connectivity index is 1.81. The molecule has 0 spiro atoms. The third kappa shape index (κ3) is 3.09. The molecule has 7 heteroatoms. The van der Waals surface area contributed by atoms with Crippen molar-refractivity contribution < 1.29 is 17.7 Å². The molecule has 22 heavy (non-hydrogen) atoms. The zero-order valence-electron chi connectivity index (χ0n) is 11.6. The van der Waals surface area contributed by atoms with E-state index in [1.54, 1.807) is 6.07 Å². The van der Waals surface area contributed by atoms with Gasteiger partial charge in [0.1, 0.15) is 5.76 Å². The first-order chi connectivity index (χ1) is 10.4. The van der Waals surface area contributed by atoms with Gasteiger partial charge >= 0.3 is 6.18 Å². The Morgan fingerprint density at radius 1 is 1.23 bits per heavy atom. The monoisotopic (exact) mass is 312 g/mol. The van der Waals surface area contributed by atoms with E-state index in [0.717, 1.165) is 12.5 Å². The van der Waals surface area contributed by atoms with E-state index in [1.165, 1.54) is 18.2 Å². The Bertz CT molecular complexity index is 705. The van der Waals surface area contributed by atoms with E-state index >= 15 is 0 Å². The number of nitrogens with one attached hydrogen (secondary N) is 2. The third-order valence-electron chi connectivity index (χ3n) is 3.97.